The molecule has 1 aromatic rings. The van der Waals surface area contributed by atoms with Crippen LogP contribution in [-0.2, 0) is 11.3 Å². The van der Waals surface area contributed by atoms with Gasteiger partial charge in [0.05, 0.1) is 13.2 Å². The predicted octanol–water partition coefficient (Wildman–Crippen LogP) is 2.26. The van der Waals surface area contributed by atoms with E-state index in [1.165, 1.54) is 0 Å². The molecule has 1 aromatic carbocycles. The smallest absolute Gasteiger partial charge is 0.190 e. The van der Waals surface area contributed by atoms with Crippen molar-refractivity contribution < 1.29 is 23.4 Å². The summed E-state index contributed by atoms with van der Waals surface area (Å²) in [5.41, 5.74) is 0.187. The van der Waals surface area contributed by atoms with Crippen LogP contribution in [0.2, 0.25) is 0 Å². The number of ether oxygens (including phenoxy) is 2. The zero-order chi connectivity index (χ0) is 12.7. The van der Waals surface area contributed by atoms with Gasteiger partial charge in [0.2, 0.25) is 0 Å². The quantitative estimate of drug-likeness (QED) is 0.750. The largest absolute Gasteiger partial charge is 0.488 e. The van der Waals surface area contributed by atoms with E-state index in [9.17, 15) is 8.78 Å². The molecule has 0 aliphatic carbocycles. The maximum atomic E-state index is 13.4. The average Bonchev–Trinajstić information content (AvgIpc) is 2.31. The van der Waals surface area contributed by atoms with Crippen LogP contribution < -0.4 is 4.74 Å². The number of aliphatic hydroxyl groups excluding tert-OH is 1. The van der Waals surface area contributed by atoms with E-state index in [-0.39, 0.29) is 17.9 Å². The summed E-state index contributed by atoms with van der Waals surface area (Å²) in [5, 5.41) is 8.76. The third-order valence-electron chi connectivity index (χ3n) is 2.23. The lowest BCUT2D eigenvalue weighted by Crippen LogP contribution is -2.04. The van der Waals surface area contributed by atoms with Gasteiger partial charge in [-0.15, -0.1) is 0 Å². The number of aliphatic hydroxyl groups is 1. The third-order valence-corrected chi connectivity index (χ3v) is 2.23. The van der Waals surface area contributed by atoms with Crippen LogP contribution in [0.15, 0.2) is 12.1 Å². The summed E-state index contributed by atoms with van der Waals surface area (Å²) in [7, 11) is 1.59. The fourth-order valence-electron chi connectivity index (χ4n) is 1.36. The minimum absolute atomic E-state index is 0.187. The molecule has 1 N–H and O–H groups in total. The third kappa shape index (κ3) is 4.28. The van der Waals surface area contributed by atoms with Crippen molar-refractivity contribution in [2.75, 3.05) is 20.3 Å². The van der Waals surface area contributed by atoms with E-state index in [0.717, 1.165) is 18.6 Å². The molecule has 0 spiro atoms. The van der Waals surface area contributed by atoms with Gasteiger partial charge in [-0.2, -0.15) is 0 Å². The van der Waals surface area contributed by atoms with Gasteiger partial charge in [-0.3, -0.25) is 0 Å². The lowest BCUT2D eigenvalue weighted by Gasteiger charge is -2.09. The van der Waals surface area contributed by atoms with Gasteiger partial charge in [0.1, 0.15) is 0 Å². The summed E-state index contributed by atoms with van der Waals surface area (Å²) >= 11 is 0. The Bertz CT molecular complexity index is 333. The van der Waals surface area contributed by atoms with Crippen molar-refractivity contribution in [3.05, 3.63) is 29.3 Å². The molecule has 0 aliphatic rings. The summed E-state index contributed by atoms with van der Waals surface area (Å²) in [6.07, 6.45) is 1.43. The van der Waals surface area contributed by atoms with Crippen LogP contribution in [0.3, 0.4) is 0 Å². The summed E-state index contributed by atoms with van der Waals surface area (Å²) in [6.45, 7) is 0.426. The van der Waals surface area contributed by atoms with Gasteiger partial charge in [0.15, 0.2) is 17.4 Å². The van der Waals surface area contributed by atoms with Gasteiger partial charge >= 0.3 is 0 Å². The van der Waals surface area contributed by atoms with E-state index in [1.807, 2.05) is 0 Å². The van der Waals surface area contributed by atoms with Gasteiger partial charge in [-0.1, -0.05) is 0 Å². The second-order valence-electron chi connectivity index (χ2n) is 3.60. The lowest BCUT2D eigenvalue weighted by atomic mass is 10.2. The lowest BCUT2D eigenvalue weighted by molar-refractivity contribution is 0.182. The Labute approximate surface area is 99.0 Å². The molecule has 0 unspecified atom stereocenters. The Balaban J connectivity index is 2.53. The normalized spacial score (nSPS) is 10.6. The number of hydrogen-bond acceptors (Lipinski definition) is 3. The Kier molecular flexibility index (Phi) is 5.86. The Hall–Kier alpha value is -1.20. The van der Waals surface area contributed by atoms with Crippen molar-refractivity contribution in [3.63, 3.8) is 0 Å². The zero-order valence-electron chi connectivity index (χ0n) is 9.71. The number of unbranched alkanes of at least 4 members (excludes halogenated alkanes) is 1. The van der Waals surface area contributed by atoms with Crippen molar-refractivity contribution in [1.82, 2.24) is 0 Å². The molecule has 0 aromatic heterocycles. The highest BCUT2D eigenvalue weighted by Gasteiger charge is 2.12. The van der Waals surface area contributed by atoms with Crippen molar-refractivity contribution in [2.45, 2.75) is 19.4 Å². The first-order valence-corrected chi connectivity index (χ1v) is 5.39. The molecule has 0 saturated carbocycles. The Morgan fingerprint density at radius 3 is 2.24 bits per heavy atom. The minimum Gasteiger partial charge on any atom is -0.488 e. The van der Waals surface area contributed by atoms with E-state index >= 15 is 0 Å². The molecule has 0 atom stereocenters. The molecule has 0 fully saturated rings. The van der Waals surface area contributed by atoms with Gasteiger partial charge in [0.25, 0.3) is 0 Å². The molecule has 0 bridgehead atoms. The first-order chi connectivity index (χ1) is 8.19. The highest BCUT2D eigenvalue weighted by atomic mass is 19.1. The standard InChI is InChI=1S/C12H16F2O3/c1-16-4-2-3-5-17-12-10(13)6-9(8-15)7-11(12)14/h6-7,15H,2-5,8H2,1H3. The Morgan fingerprint density at radius 1 is 1.12 bits per heavy atom. The fraction of sp³-hybridized carbons (Fsp3) is 0.500. The molecule has 17 heavy (non-hydrogen) atoms. The van der Waals surface area contributed by atoms with Gasteiger partial charge in [-0.25, -0.2) is 8.78 Å². The van der Waals surface area contributed by atoms with E-state index < -0.39 is 18.2 Å². The molecular weight excluding hydrogens is 230 g/mol. The maximum absolute atomic E-state index is 13.4. The molecule has 1 rings (SSSR count). The molecule has 0 saturated heterocycles. The van der Waals surface area contributed by atoms with Crippen molar-refractivity contribution in [2.24, 2.45) is 0 Å². The Morgan fingerprint density at radius 2 is 1.71 bits per heavy atom. The second kappa shape index (κ2) is 7.19. The van der Waals surface area contributed by atoms with E-state index in [4.69, 9.17) is 14.6 Å². The molecule has 0 radical (unpaired) electrons. The summed E-state index contributed by atoms with van der Waals surface area (Å²) in [4.78, 5) is 0. The SMILES string of the molecule is COCCCCOc1c(F)cc(CO)cc1F. The highest BCUT2D eigenvalue weighted by Crippen LogP contribution is 2.23. The van der Waals surface area contributed by atoms with Crippen LogP contribution >= 0.6 is 0 Å². The fourth-order valence-corrected chi connectivity index (χ4v) is 1.36. The van der Waals surface area contributed by atoms with Crippen LogP contribution in [-0.4, -0.2) is 25.4 Å². The maximum Gasteiger partial charge on any atom is 0.190 e. The van der Waals surface area contributed by atoms with Crippen LogP contribution in [0.4, 0.5) is 8.78 Å². The number of methoxy groups -OCH3 is 1. The highest BCUT2D eigenvalue weighted by molar-refractivity contribution is 5.31. The van der Waals surface area contributed by atoms with Crippen LogP contribution in [0, 0.1) is 11.6 Å². The van der Waals surface area contributed by atoms with Gasteiger partial charge in [0, 0.05) is 13.7 Å². The number of hydrogen-bond donors (Lipinski definition) is 1. The first-order valence-electron chi connectivity index (χ1n) is 5.39. The van der Waals surface area contributed by atoms with Crippen LogP contribution in [0.1, 0.15) is 18.4 Å². The van der Waals surface area contributed by atoms with Crippen molar-refractivity contribution >= 4 is 0 Å². The first kappa shape index (κ1) is 13.9. The molecule has 96 valence electrons. The minimum atomic E-state index is -0.791. The molecular formula is C12H16F2O3. The van der Waals surface area contributed by atoms with Crippen LogP contribution in [0.5, 0.6) is 5.75 Å². The topological polar surface area (TPSA) is 38.7 Å². The summed E-state index contributed by atoms with van der Waals surface area (Å²) < 4.78 is 36.6. The number of halogens is 2. The zero-order valence-corrected chi connectivity index (χ0v) is 9.71. The van der Waals surface area contributed by atoms with Gasteiger partial charge in [-0.05, 0) is 30.5 Å². The molecule has 3 nitrogen and oxygen atoms in total. The van der Waals surface area contributed by atoms with Crippen molar-refractivity contribution in [3.8, 4) is 5.75 Å². The average molecular weight is 246 g/mol. The van der Waals surface area contributed by atoms with E-state index in [0.29, 0.717) is 13.0 Å². The molecule has 5 heteroatoms. The van der Waals surface area contributed by atoms with E-state index in [1.54, 1.807) is 7.11 Å². The van der Waals surface area contributed by atoms with Gasteiger partial charge < -0.3 is 14.6 Å². The monoisotopic (exact) mass is 246 g/mol. The van der Waals surface area contributed by atoms with E-state index in [2.05, 4.69) is 0 Å². The molecule has 0 amide bonds. The summed E-state index contributed by atoms with van der Waals surface area (Å²) in [5.74, 6) is -1.97. The predicted molar refractivity (Wildman–Crippen MR) is 58.9 cm³/mol. The number of rotatable bonds is 7. The number of benzene rings is 1. The second-order valence-corrected chi connectivity index (χ2v) is 3.60. The summed E-state index contributed by atoms with van der Waals surface area (Å²) in [6, 6.07) is 2.13. The molecule has 0 heterocycles. The molecule has 0 aliphatic heterocycles. The van der Waals surface area contributed by atoms with Crippen LogP contribution in [0.25, 0.3) is 0 Å². The van der Waals surface area contributed by atoms with Crippen molar-refractivity contribution in [1.29, 1.82) is 0 Å².